The smallest absolute Gasteiger partial charge is 0.288 e. The summed E-state index contributed by atoms with van der Waals surface area (Å²) in [5.74, 6) is -2.86. The Hall–Kier alpha value is -1.09. The van der Waals surface area contributed by atoms with Crippen molar-refractivity contribution in [3.63, 3.8) is 0 Å². The minimum absolute atomic E-state index is 0. The summed E-state index contributed by atoms with van der Waals surface area (Å²) in [6.45, 7) is -0.0167. The zero-order valence-electron chi connectivity index (χ0n) is 9.65. The van der Waals surface area contributed by atoms with Crippen LogP contribution in [0.25, 0.3) is 0 Å². The SMILES string of the molecule is Cl.NCC(O)(O)O.NCCc1ccc(O)c(O)c1. The number of hydrogen-bond acceptors (Lipinski definition) is 7. The molecule has 0 heterocycles. The Labute approximate surface area is 111 Å². The fraction of sp³-hybridized carbons (Fsp3) is 0.400. The van der Waals surface area contributed by atoms with E-state index >= 15 is 0 Å². The molecule has 7 nitrogen and oxygen atoms in total. The molecule has 0 atom stereocenters. The van der Waals surface area contributed by atoms with Crippen LogP contribution < -0.4 is 11.5 Å². The Morgan fingerprint density at radius 2 is 1.50 bits per heavy atom. The number of aliphatic hydroxyl groups is 3. The predicted octanol–water partition coefficient (Wildman–Crippen LogP) is -1.40. The van der Waals surface area contributed by atoms with Gasteiger partial charge in [-0.25, -0.2) is 0 Å². The molecule has 106 valence electrons. The van der Waals surface area contributed by atoms with E-state index in [4.69, 9.17) is 31.3 Å². The fourth-order valence-corrected chi connectivity index (χ4v) is 0.891. The van der Waals surface area contributed by atoms with Crippen LogP contribution in [-0.4, -0.2) is 44.6 Å². The monoisotopic (exact) mass is 282 g/mol. The summed E-state index contributed by atoms with van der Waals surface area (Å²) in [4.78, 5) is 0. The van der Waals surface area contributed by atoms with Crippen molar-refractivity contribution in [1.82, 2.24) is 0 Å². The summed E-state index contributed by atoms with van der Waals surface area (Å²) in [5.41, 5.74) is 10.8. The maximum atomic E-state index is 9.04. The van der Waals surface area contributed by atoms with Gasteiger partial charge in [0.25, 0.3) is 5.97 Å². The molecule has 1 rings (SSSR count). The third kappa shape index (κ3) is 8.99. The molecule has 0 spiro atoms. The molecule has 0 aliphatic rings. The van der Waals surface area contributed by atoms with Crippen LogP contribution in [0.3, 0.4) is 0 Å². The number of hydrogen-bond donors (Lipinski definition) is 7. The quantitative estimate of drug-likeness (QED) is 0.266. The van der Waals surface area contributed by atoms with E-state index in [2.05, 4.69) is 5.73 Å². The van der Waals surface area contributed by atoms with Crippen molar-refractivity contribution in [1.29, 1.82) is 0 Å². The highest BCUT2D eigenvalue weighted by atomic mass is 35.5. The van der Waals surface area contributed by atoms with E-state index in [1.54, 1.807) is 6.07 Å². The van der Waals surface area contributed by atoms with Gasteiger partial charge in [0, 0.05) is 0 Å². The standard InChI is InChI=1S/C8H11NO2.C2H7NO3.ClH/c9-4-3-6-1-2-7(10)8(11)5-6;3-1-2(4,5)6;/h1-2,5,10-11H,3-4,9H2;4-6H,1,3H2;1H. The van der Waals surface area contributed by atoms with Gasteiger partial charge in [-0.15, -0.1) is 12.4 Å². The van der Waals surface area contributed by atoms with Gasteiger partial charge < -0.3 is 37.0 Å². The van der Waals surface area contributed by atoms with Crippen LogP contribution in [0.1, 0.15) is 5.56 Å². The molecule has 1 aromatic carbocycles. The van der Waals surface area contributed by atoms with Gasteiger partial charge in [0.15, 0.2) is 11.5 Å². The van der Waals surface area contributed by atoms with Crippen LogP contribution in [-0.2, 0) is 6.42 Å². The first-order chi connectivity index (χ1) is 7.80. The van der Waals surface area contributed by atoms with E-state index in [-0.39, 0.29) is 23.9 Å². The van der Waals surface area contributed by atoms with E-state index in [9.17, 15) is 0 Å². The molecular formula is C10H19ClN2O5. The summed E-state index contributed by atoms with van der Waals surface area (Å²) < 4.78 is 0. The first-order valence-electron chi connectivity index (χ1n) is 4.88. The minimum Gasteiger partial charge on any atom is -0.504 e. The van der Waals surface area contributed by atoms with Gasteiger partial charge in [-0.2, -0.15) is 0 Å². The van der Waals surface area contributed by atoms with E-state index < -0.39 is 12.5 Å². The minimum atomic E-state index is -2.68. The molecule has 0 aliphatic carbocycles. The third-order valence-electron chi connectivity index (χ3n) is 1.75. The van der Waals surface area contributed by atoms with Crippen molar-refractivity contribution in [3.8, 4) is 11.5 Å². The lowest BCUT2D eigenvalue weighted by Crippen LogP contribution is -2.36. The van der Waals surface area contributed by atoms with Crippen molar-refractivity contribution in [2.75, 3.05) is 13.1 Å². The second kappa shape index (κ2) is 8.92. The lowest BCUT2D eigenvalue weighted by molar-refractivity contribution is -0.302. The lowest BCUT2D eigenvalue weighted by Gasteiger charge is -2.07. The largest absolute Gasteiger partial charge is 0.504 e. The number of phenols is 2. The summed E-state index contributed by atoms with van der Waals surface area (Å²) in [7, 11) is 0. The molecule has 0 saturated carbocycles. The lowest BCUT2D eigenvalue weighted by atomic mass is 10.1. The summed E-state index contributed by atoms with van der Waals surface area (Å²) in [5, 5.41) is 41.4. The van der Waals surface area contributed by atoms with Gasteiger partial charge in [0.1, 0.15) is 0 Å². The van der Waals surface area contributed by atoms with Crippen LogP contribution in [0.4, 0.5) is 0 Å². The predicted molar refractivity (Wildman–Crippen MR) is 68.2 cm³/mol. The van der Waals surface area contributed by atoms with Crippen LogP contribution >= 0.6 is 12.4 Å². The van der Waals surface area contributed by atoms with E-state index in [0.29, 0.717) is 13.0 Å². The van der Waals surface area contributed by atoms with Crippen LogP contribution in [0.15, 0.2) is 18.2 Å². The van der Waals surface area contributed by atoms with Gasteiger partial charge in [0.05, 0.1) is 6.54 Å². The molecule has 0 amide bonds. The molecule has 0 aromatic heterocycles. The Balaban J connectivity index is 0. The zero-order chi connectivity index (χ0) is 13.5. The van der Waals surface area contributed by atoms with Gasteiger partial charge in [-0.05, 0) is 30.7 Å². The Morgan fingerprint density at radius 3 is 1.83 bits per heavy atom. The number of rotatable bonds is 3. The van der Waals surface area contributed by atoms with Crippen LogP contribution in [0.2, 0.25) is 0 Å². The molecule has 0 unspecified atom stereocenters. The Kier molecular flexibility index (Phi) is 9.54. The Morgan fingerprint density at radius 1 is 1.00 bits per heavy atom. The number of aromatic hydroxyl groups is 2. The van der Waals surface area contributed by atoms with Crippen molar-refractivity contribution >= 4 is 12.4 Å². The van der Waals surface area contributed by atoms with E-state index in [0.717, 1.165) is 5.56 Å². The van der Waals surface area contributed by atoms with Gasteiger partial charge in [-0.3, -0.25) is 0 Å². The maximum absolute atomic E-state index is 9.04. The third-order valence-corrected chi connectivity index (χ3v) is 1.75. The highest BCUT2D eigenvalue weighted by Gasteiger charge is 2.12. The van der Waals surface area contributed by atoms with Gasteiger partial charge in [-0.1, -0.05) is 6.07 Å². The van der Waals surface area contributed by atoms with Crippen molar-refractivity contribution < 1.29 is 25.5 Å². The molecule has 0 bridgehead atoms. The summed E-state index contributed by atoms with van der Waals surface area (Å²) in [6, 6.07) is 4.71. The number of benzene rings is 1. The maximum Gasteiger partial charge on any atom is 0.288 e. The average molecular weight is 283 g/mol. The van der Waals surface area contributed by atoms with Crippen LogP contribution in [0, 0.1) is 0 Å². The molecular weight excluding hydrogens is 264 g/mol. The molecule has 0 radical (unpaired) electrons. The van der Waals surface area contributed by atoms with Gasteiger partial charge in [0.2, 0.25) is 0 Å². The average Bonchev–Trinajstić information content (AvgIpc) is 2.24. The number of halogens is 1. The Bertz CT molecular complexity index is 344. The van der Waals surface area contributed by atoms with Crippen molar-refractivity contribution in [2.45, 2.75) is 12.4 Å². The number of phenolic OH excluding ortho intramolecular Hbond substituents is 2. The highest BCUT2D eigenvalue weighted by molar-refractivity contribution is 5.85. The second-order valence-corrected chi connectivity index (χ2v) is 3.34. The molecule has 0 saturated heterocycles. The van der Waals surface area contributed by atoms with Crippen molar-refractivity contribution in [3.05, 3.63) is 23.8 Å². The second-order valence-electron chi connectivity index (χ2n) is 3.34. The molecule has 18 heavy (non-hydrogen) atoms. The summed E-state index contributed by atoms with van der Waals surface area (Å²) in [6.07, 6.45) is 0.716. The number of nitrogens with two attached hydrogens (primary N) is 2. The highest BCUT2D eigenvalue weighted by Crippen LogP contribution is 2.24. The van der Waals surface area contributed by atoms with Crippen LogP contribution in [0.5, 0.6) is 11.5 Å². The molecule has 0 aliphatic heterocycles. The van der Waals surface area contributed by atoms with E-state index in [1.807, 2.05) is 0 Å². The van der Waals surface area contributed by atoms with E-state index in [1.165, 1.54) is 12.1 Å². The zero-order valence-corrected chi connectivity index (χ0v) is 10.5. The fourth-order valence-electron chi connectivity index (χ4n) is 0.891. The first kappa shape index (κ1) is 19.3. The van der Waals surface area contributed by atoms with Crippen molar-refractivity contribution in [2.24, 2.45) is 11.5 Å². The molecule has 1 aromatic rings. The van der Waals surface area contributed by atoms with Gasteiger partial charge >= 0.3 is 0 Å². The topological polar surface area (TPSA) is 153 Å². The first-order valence-corrected chi connectivity index (χ1v) is 4.88. The summed E-state index contributed by atoms with van der Waals surface area (Å²) >= 11 is 0. The molecule has 0 fully saturated rings. The normalized spacial score (nSPS) is 10.1. The molecule has 8 heteroatoms. The molecule has 9 N–H and O–H groups in total.